The number of hydrogen-bond donors (Lipinski definition) is 5. The monoisotopic (exact) mass is 535 g/mol. The quantitative estimate of drug-likeness (QED) is 0.141. The Labute approximate surface area is 215 Å². The van der Waals surface area contributed by atoms with E-state index in [2.05, 4.69) is 33.1 Å². The Balaban J connectivity index is 1.61. The predicted molar refractivity (Wildman–Crippen MR) is 136 cm³/mol. The van der Waals surface area contributed by atoms with Gasteiger partial charge in [-0.15, -0.1) is 0 Å². The first-order valence-electron chi connectivity index (χ1n) is 11.5. The van der Waals surface area contributed by atoms with Crippen LogP contribution in [0, 0.1) is 11.8 Å². The van der Waals surface area contributed by atoms with E-state index in [1.807, 2.05) is 0 Å². The van der Waals surface area contributed by atoms with Crippen LogP contribution in [0.2, 0.25) is 0 Å². The van der Waals surface area contributed by atoms with Gasteiger partial charge in [-0.25, -0.2) is 4.39 Å². The summed E-state index contributed by atoms with van der Waals surface area (Å²) >= 11 is -0.273. The Kier molecular flexibility index (Phi) is 8.04. The molecule has 1 amide bonds. The van der Waals surface area contributed by atoms with E-state index >= 15 is 0 Å². The number of thioether (sulfide) groups is 1. The molecule has 1 fully saturated rings. The van der Waals surface area contributed by atoms with E-state index in [1.54, 1.807) is 18.2 Å². The molecule has 196 valence electrons. The maximum absolute atomic E-state index is 14.4. The number of aromatic hydroxyl groups is 1. The summed E-state index contributed by atoms with van der Waals surface area (Å²) in [5, 5.41) is 21.4. The standard InChI is InChI=1S/C25H25F4N5O2S/c1-30-23(36)15-6-7-22(35)20(12-15)32-9-2-4-16-13-21-19(33-18-8-10-31-14-17(18)26)5-3-11-34(21)24(16)37-25(27,28)29/h3,5-7,11-13,17-18,31-33,35H,8-10,14H2,1H3,(H,30,36)/t17-,18+/m0/s1. The van der Waals surface area contributed by atoms with Gasteiger partial charge < -0.3 is 30.8 Å². The molecule has 2 aromatic heterocycles. The molecule has 2 atom stereocenters. The van der Waals surface area contributed by atoms with Crippen LogP contribution in [0.3, 0.4) is 0 Å². The van der Waals surface area contributed by atoms with Crippen LogP contribution in [-0.2, 0) is 0 Å². The number of aromatic nitrogens is 1. The minimum atomic E-state index is -4.54. The molecule has 0 spiro atoms. The van der Waals surface area contributed by atoms with Crippen molar-refractivity contribution in [3.63, 3.8) is 0 Å². The van der Waals surface area contributed by atoms with Gasteiger partial charge in [0, 0.05) is 37.1 Å². The first-order chi connectivity index (χ1) is 17.7. The summed E-state index contributed by atoms with van der Waals surface area (Å²) in [7, 11) is 1.48. The van der Waals surface area contributed by atoms with Gasteiger partial charge in [0.1, 0.15) is 16.9 Å². The van der Waals surface area contributed by atoms with E-state index in [0.717, 1.165) is 0 Å². The van der Waals surface area contributed by atoms with E-state index in [9.17, 15) is 27.5 Å². The average Bonchev–Trinajstić information content (AvgIpc) is 3.20. The third-order valence-corrected chi connectivity index (χ3v) is 6.64. The largest absolute Gasteiger partial charge is 0.506 e. The molecule has 3 aromatic rings. The number of pyridine rings is 1. The Morgan fingerprint density at radius 2 is 2.08 bits per heavy atom. The van der Waals surface area contributed by atoms with Gasteiger partial charge in [0.25, 0.3) is 5.91 Å². The van der Waals surface area contributed by atoms with Gasteiger partial charge in [-0.05, 0) is 49.4 Å². The molecule has 1 aliphatic heterocycles. The number of rotatable bonds is 6. The third-order valence-electron chi connectivity index (χ3n) is 5.80. The highest BCUT2D eigenvalue weighted by Gasteiger charge is 2.33. The fourth-order valence-corrected chi connectivity index (χ4v) is 4.72. The van der Waals surface area contributed by atoms with Gasteiger partial charge in [0.2, 0.25) is 0 Å². The van der Waals surface area contributed by atoms with E-state index in [4.69, 9.17) is 0 Å². The van der Waals surface area contributed by atoms with Gasteiger partial charge in [-0.2, -0.15) is 13.2 Å². The van der Waals surface area contributed by atoms with Crippen molar-refractivity contribution in [2.75, 3.05) is 37.3 Å². The average molecular weight is 536 g/mol. The molecule has 0 radical (unpaired) electrons. The SMILES string of the molecule is CNC(=O)c1ccc(O)c(NCC#Cc2cc3c(N[C@@H]4CCNC[C@@H]4F)cccn3c2SC(F)(F)F)c1. The molecule has 0 unspecified atom stereocenters. The molecule has 37 heavy (non-hydrogen) atoms. The number of amides is 1. The molecule has 1 aromatic carbocycles. The van der Waals surface area contributed by atoms with Crippen LogP contribution in [-0.4, -0.2) is 59.8 Å². The van der Waals surface area contributed by atoms with E-state index in [-0.39, 0.29) is 52.8 Å². The number of carbonyl (C=O) groups is 1. The second-order valence-corrected chi connectivity index (χ2v) is 9.37. The number of nitrogens with one attached hydrogen (secondary N) is 4. The topological polar surface area (TPSA) is 89.8 Å². The second kappa shape index (κ2) is 11.2. The molecule has 12 heteroatoms. The number of halogens is 4. The molecule has 0 saturated carbocycles. The fourth-order valence-electron chi connectivity index (χ4n) is 4.02. The molecule has 4 rings (SSSR count). The van der Waals surface area contributed by atoms with Crippen molar-refractivity contribution in [1.29, 1.82) is 0 Å². The van der Waals surface area contributed by atoms with Crippen LogP contribution in [0.5, 0.6) is 5.75 Å². The molecule has 7 nitrogen and oxygen atoms in total. The number of piperidine rings is 1. The summed E-state index contributed by atoms with van der Waals surface area (Å²) in [6, 6.07) is 8.65. The van der Waals surface area contributed by atoms with Crippen LogP contribution < -0.4 is 21.3 Å². The second-order valence-electron chi connectivity index (χ2n) is 8.31. The summed E-state index contributed by atoms with van der Waals surface area (Å²) in [4.78, 5) is 11.8. The summed E-state index contributed by atoms with van der Waals surface area (Å²) in [5.74, 6) is 5.12. The van der Waals surface area contributed by atoms with Crippen molar-refractivity contribution in [3.8, 4) is 17.6 Å². The van der Waals surface area contributed by atoms with Crippen molar-refractivity contribution in [1.82, 2.24) is 15.0 Å². The van der Waals surface area contributed by atoms with Gasteiger partial charge in [0.15, 0.2) is 0 Å². The zero-order valence-electron chi connectivity index (χ0n) is 19.7. The molecular weight excluding hydrogens is 510 g/mol. The maximum atomic E-state index is 14.4. The lowest BCUT2D eigenvalue weighted by Gasteiger charge is -2.28. The molecule has 3 heterocycles. The lowest BCUT2D eigenvalue weighted by Crippen LogP contribution is -2.45. The first kappa shape index (κ1) is 26.5. The minimum absolute atomic E-state index is 0.00319. The van der Waals surface area contributed by atoms with Crippen molar-refractivity contribution in [2.45, 2.75) is 29.2 Å². The maximum Gasteiger partial charge on any atom is 0.447 e. The van der Waals surface area contributed by atoms with Crippen molar-refractivity contribution >= 4 is 34.6 Å². The van der Waals surface area contributed by atoms with Crippen LogP contribution >= 0.6 is 11.8 Å². The molecule has 0 aliphatic carbocycles. The number of benzene rings is 1. The number of phenolic OH excluding ortho intramolecular Hbond substituents is 1. The van der Waals surface area contributed by atoms with Crippen LogP contribution in [0.15, 0.2) is 47.6 Å². The van der Waals surface area contributed by atoms with Crippen molar-refractivity contribution in [3.05, 3.63) is 53.7 Å². The highest BCUT2D eigenvalue weighted by Crippen LogP contribution is 2.40. The molecular formula is C25H25F4N5O2S. The third kappa shape index (κ3) is 6.42. The number of phenols is 1. The first-order valence-corrected chi connectivity index (χ1v) is 12.3. The van der Waals surface area contributed by atoms with Crippen LogP contribution in [0.25, 0.3) is 5.52 Å². The summed E-state index contributed by atoms with van der Waals surface area (Å²) in [5.41, 5.74) is -2.84. The van der Waals surface area contributed by atoms with Gasteiger partial charge in [-0.1, -0.05) is 11.8 Å². The smallest absolute Gasteiger partial charge is 0.447 e. The Bertz CT molecular complexity index is 1350. The molecule has 0 bridgehead atoms. The number of fused-ring (bicyclic) bond motifs is 1. The van der Waals surface area contributed by atoms with E-state index < -0.39 is 17.7 Å². The Morgan fingerprint density at radius 3 is 2.81 bits per heavy atom. The lowest BCUT2D eigenvalue weighted by molar-refractivity contribution is -0.0329. The Hall–Kier alpha value is -3.56. The van der Waals surface area contributed by atoms with Crippen LogP contribution in [0.4, 0.5) is 28.9 Å². The summed E-state index contributed by atoms with van der Waals surface area (Å²) in [6.45, 7) is 0.849. The normalized spacial score (nSPS) is 17.6. The zero-order chi connectivity index (χ0) is 26.6. The van der Waals surface area contributed by atoms with Gasteiger partial charge >= 0.3 is 5.51 Å². The minimum Gasteiger partial charge on any atom is -0.506 e. The molecule has 1 aliphatic rings. The summed E-state index contributed by atoms with van der Waals surface area (Å²) in [6.07, 6.45) is 0.923. The molecule has 5 N–H and O–H groups in total. The highest BCUT2D eigenvalue weighted by atomic mass is 32.2. The number of hydrogen-bond acceptors (Lipinski definition) is 6. The number of nitrogens with zero attached hydrogens (tertiary/aromatic N) is 1. The zero-order valence-corrected chi connectivity index (χ0v) is 20.6. The van der Waals surface area contributed by atoms with Crippen molar-refractivity contribution < 1.29 is 27.5 Å². The van der Waals surface area contributed by atoms with Crippen LogP contribution in [0.1, 0.15) is 22.3 Å². The van der Waals surface area contributed by atoms with Crippen molar-refractivity contribution in [2.24, 2.45) is 0 Å². The number of anilines is 2. The highest BCUT2D eigenvalue weighted by molar-refractivity contribution is 8.00. The van der Waals surface area contributed by atoms with Gasteiger partial charge in [-0.3, -0.25) is 4.79 Å². The lowest BCUT2D eigenvalue weighted by atomic mass is 10.0. The van der Waals surface area contributed by atoms with Gasteiger partial charge in [0.05, 0.1) is 35.0 Å². The molecule has 1 saturated heterocycles. The van der Waals surface area contributed by atoms with E-state index in [1.165, 1.54) is 35.8 Å². The van der Waals surface area contributed by atoms with E-state index in [0.29, 0.717) is 29.7 Å². The Morgan fingerprint density at radius 1 is 1.27 bits per heavy atom. The number of alkyl halides is 4. The fraction of sp³-hybridized carbons (Fsp3) is 0.320. The number of carbonyl (C=O) groups excluding carboxylic acids is 1. The summed E-state index contributed by atoms with van der Waals surface area (Å²) < 4.78 is 55.9. The predicted octanol–water partition coefficient (Wildman–Crippen LogP) is 4.19.